The molecule has 2 aliphatic heterocycles. The highest BCUT2D eigenvalue weighted by atomic mass is 32.2. The standard InChI is InChI=1S/C19H25N5O3S/c1-13-16(12-22(2)20-13)17-10-18(23(3)28(26,27)21-17)19(25)24-9-8-14-6-4-5-7-15(14)11-24/h4-7,12,17-18,21H,8-11H2,1-3H3/t17-,18-/m0/s1. The molecule has 0 radical (unpaired) electrons. The van der Waals surface area contributed by atoms with E-state index in [1.54, 1.807) is 16.6 Å². The predicted octanol–water partition coefficient (Wildman–Crippen LogP) is 0.893. The Hall–Kier alpha value is -2.23. The van der Waals surface area contributed by atoms with E-state index in [4.69, 9.17) is 0 Å². The van der Waals surface area contributed by atoms with Crippen LogP contribution in [0.3, 0.4) is 0 Å². The first kappa shape index (κ1) is 19.1. The van der Waals surface area contributed by atoms with Gasteiger partial charge in [0, 0.05) is 38.9 Å². The third kappa shape index (κ3) is 3.34. The molecule has 4 rings (SSSR count). The summed E-state index contributed by atoms with van der Waals surface area (Å²) in [4.78, 5) is 15.1. The van der Waals surface area contributed by atoms with Gasteiger partial charge < -0.3 is 4.90 Å². The van der Waals surface area contributed by atoms with Crippen LogP contribution in [0.4, 0.5) is 0 Å². The van der Waals surface area contributed by atoms with E-state index in [2.05, 4.69) is 15.9 Å². The first-order valence-electron chi connectivity index (χ1n) is 9.37. The zero-order chi connectivity index (χ0) is 20.1. The molecule has 150 valence electrons. The van der Waals surface area contributed by atoms with Crippen molar-refractivity contribution in [3.8, 4) is 0 Å². The topological polar surface area (TPSA) is 87.5 Å². The molecule has 0 saturated carbocycles. The van der Waals surface area contributed by atoms with Crippen molar-refractivity contribution >= 4 is 16.1 Å². The largest absolute Gasteiger partial charge is 0.337 e. The van der Waals surface area contributed by atoms with Crippen LogP contribution in [-0.2, 0) is 35.0 Å². The number of aromatic nitrogens is 2. The van der Waals surface area contributed by atoms with Crippen molar-refractivity contribution in [2.75, 3.05) is 13.6 Å². The molecule has 2 atom stereocenters. The predicted molar refractivity (Wildman–Crippen MR) is 104 cm³/mol. The van der Waals surface area contributed by atoms with Crippen LogP contribution in [-0.4, -0.2) is 52.9 Å². The van der Waals surface area contributed by atoms with Crippen molar-refractivity contribution in [2.24, 2.45) is 7.05 Å². The summed E-state index contributed by atoms with van der Waals surface area (Å²) in [6.45, 7) is 2.97. The summed E-state index contributed by atoms with van der Waals surface area (Å²) in [5, 5.41) is 4.31. The van der Waals surface area contributed by atoms with Crippen LogP contribution in [0.15, 0.2) is 30.5 Å². The number of carbonyl (C=O) groups is 1. The minimum Gasteiger partial charge on any atom is -0.337 e. The van der Waals surface area contributed by atoms with E-state index in [1.807, 2.05) is 31.3 Å². The number of likely N-dealkylation sites (N-methyl/N-ethyl adjacent to an activating group) is 1. The molecule has 0 aliphatic carbocycles. The van der Waals surface area contributed by atoms with Crippen LogP contribution in [0, 0.1) is 6.92 Å². The maximum absolute atomic E-state index is 13.3. The van der Waals surface area contributed by atoms with E-state index in [-0.39, 0.29) is 5.91 Å². The molecule has 1 aromatic heterocycles. The van der Waals surface area contributed by atoms with Crippen molar-refractivity contribution in [3.05, 3.63) is 52.8 Å². The molecular weight excluding hydrogens is 378 g/mol. The van der Waals surface area contributed by atoms with Crippen molar-refractivity contribution in [2.45, 2.75) is 38.4 Å². The Morgan fingerprint density at radius 2 is 1.93 bits per heavy atom. The van der Waals surface area contributed by atoms with Gasteiger partial charge in [0.25, 0.3) is 10.2 Å². The lowest BCUT2D eigenvalue weighted by molar-refractivity contribution is -0.136. The van der Waals surface area contributed by atoms with Gasteiger partial charge in [-0.05, 0) is 30.9 Å². The fourth-order valence-electron chi connectivity index (χ4n) is 4.15. The van der Waals surface area contributed by atoms with Crippen LogP contribution >= 0.6 is 0 Å². The molecule has 0 bridgehead atoms. The van der Waals surface area contributed by atoms with Gasteiger partial charge in [-0.1, -0.05) is 24.3 Å². The summed E-state index contributed by atoms with van der Waals surface area (Å²) >= 11 is 0. The molecule has 1 fully saturated rings. The Labute approximate surface area is 165 Å². The van der Waals surface area contributed by atoms with E-state index in [0.29, 0.717) is 19.5 Å². The van der Waals surface area contributed by atoms with Gasteiger partial charge in [0.15, 0.2) is 0 Å². The molecular formula is C19H25N5O3S. The highest BCUT2D eigenvalue weighted by Crippen LogP contribution is 2.31. The number of benzene rings is 1. The van der Waals surface area contributed by atoms with E-state index in [0.717, 1.165) is 27.5 Å². The first-order chi connectivity index (χ1) is 13.3. The van der Waals surface area contributed by atoms with Crippen LogP contribution in [0.1, 0.15) is 34.8 Å². The van der Waals surface area contributed by atoms with Crippen LogP contribution in [0.5, 0.6) is 0 Å². The third-order valence-corrected chi connectivity index (χ3v) is 7.32. The summed E-state index contributed by atoms with van der Waals surface area (Å²) in [5.74, 6) is -0.145. The third-order valence-electron chi connectivity index (χ3n) is 5.72. The summed E-state index contributed by atoms with van der Waals surface area (Å²) in [6, 6.07) is 6.88. The Morgan fingerprint density at radius 3 is 2.61 bits per heavy atom. The molecule has 3 heterocycles. The second-order valence-corrected chi connectivity index (χ2v) is 9.33. The monoisotopic (exact) mass is 403 g/mol. The smallest absolute Gasteiger partial charge is 0.280 e. The maximum Gasteiger partial charge on any atom is 0.280 e. The Morgan fingerprint density at radius 1 is 1.21 bits per heavy atom. The van der Waals surface area contributed by atoms with Gasteiger partial charge in [0.2, 0.25) is 5.91 Å². The second-order valence-electron chi connectivity index (χ2n) is 7.57. The molecule has 28 heavy (non-hydrogen) atoms. The molecule has 2 aromatic rings. The molecule has 2 aliphatic rings. The zero-order valence-corrected chi connectivity index (χ0v) is 17.1. The number of hydrogen-bond donors (Lipinski definition) is 1. The van der Waals surface area contributed by atoms with E-state index in [1.165, 1.54) is 12.6 Å². The Balaban J connectivity index is 1.60. The lowest BCUT2D eigenvalue weighted by atomic mass is 9.97. The highest BCUT2D eigenvalue weighted by Gasteiger charge is 2.43. The Kier molecular flexibility index (Phi) is 4.76. The lowest BCUT2D eigenvalue weighted by Crippen LogP contribution is -2.58. The number of carbonyl (C=O) groups excluding carboxylic acids is 1. The molecule has 9 heteroatoms. The van der Waals surface area contributed by atoms with E-state index >= 15 is 0 Å². The average molecular weight is 404 g/mol. The number of rotatable bonds is 2. The molecule has 1 amide bonds. The summed E-state index contributed by atoms with van der Waals surface area (Å²) in [6.07, 6.45) is 2.97. The first-order valence-corrected chi connectivity index (χ1v) is 10.8. The molecule has 1 saturated heterocycles. The minimum absolute atomic E-state index is 0.145. The van der Waals surface area contributed by atoms with Gasteiger partial charge in [-0.15, -0.1) is 0 Å². The number of nitrogens with zero attached hydrogens (tertiary/aromatic N) is 4. The quantitative estimate of drug-likeness (QED) is 0.807. The SMILES string of the molecule is Cc1nn(C)cc1[C@@H]1C[C@@H](C(=O)N2CCc3ccccc3C2)N(C)S(=O)(=O)N1. The number of amides is 1. The normalized spacial score (nSPS) is 24.8. The van der Waals surface area contributed by atoms with Gasteiger partial charge in [-0.2, -0.15) is 22.5 Å². The molecule has 1 N–H and O–H groups in total. The van der Waals surface area contributed by atoms with Gasteiger partial charge in [-0.3, -0.25) is 9.48 Å². The van der Waals surface area contributed by atoms with Crippen LogP contribution < -0.4 is 4.72 Å². The van der Waals surface area contributed by atoms with Crippen molar-refractivity contribution in [1.29, 1.82) is 0 Å². The zero-order valence-electron chi connectivity index (χ0n) is 16.3. The van der Waals surface area contributed by atoms with E-state index in [9.17, 15) is 13.2 Å². The number of aryl methyl sites for hydroxylation is 2. The number of nitrogens with one attached hydrogen (secondary N) is 1. The van der Waals surface area contributed by atoms with E-state index < -0.39 is 22.3 Å². The molecule has 0 unspecified atom stereocenters. The summed E-state index contributed by atoms with van der Waals surface area (Å²) < 4.78 is 30.9. The number of fused-ring (bicyclic) bond motifs is 1. The van der Waals surface area contributed by atoms with Gasteiger partial charge >= 0.3 is 0 Å². The van der Waals surface area contributed by atoms with Crippen LogP contribution in [0.25, 0.3) is 0 Å². The van der Waals surface area contributed by atoms with Gasteiger partial charge in [0.05, 0.1) is 11.7 Å². The molecule has 0 spiro atoms. The van der Waals surface area contributed by atoms with Gasteiger partial charge in [-0.25, -0.2) is 0 Å². The lowest BCUT2D eigenvalue weighted by Gasteiger charge is -2.39. The summed E-state index contributed by atoms with van der Waals surface area (Å²) in [7, 11) is -0.494. The number of hydrogen-bond acceptors (Lipinski definition) is 4. The van der Waals surface area contributed by atoms with Crippen molar-refractivity contribution in [1.82, 2.24) is 23.7 Å². The highest BCUT2D eigenvalue weighted by molar-refractivity contribution is 7.87. The van der Waals surface area contributed by atoms with Crippen molar-refractivity contribution < 1.29 is 13.2 Å². The summed E-state index contributed by atoms with van der Waals surface area (Å²) in [5.41, 5.74) is 3.95. The minimum atomic E-state index is -3.76. The van der Waals surface area contributed by atoms with Crippen molar-refractivity contribution in [3.63, 3.8) is 0 Å². The van der Waals surface area contributed by atoms with Gasteiger partial charge in [0.1, 0.15) is 6.04 Å². The fraction of sp³-hybridized carbons (Fsp3) is 0.474. The second kappa shape index (κ2) is 6.98. The molecule has 8 nitrogen and oxygen atoms in total. The van der Waals surface area contributed by atoms with Crippen LogP contribution in [0.2, 0.25) is 0 Å². The fourth-order valence-corrected chi connectivity index (χ4v) is 5.41. The molecule has 1 aromatic carbocycles. The maximum atomic E-state index is 13.3. The average Bonchev–Trinajstić information content (AvgIpc) is 3.01. The Bertz CT molecular complexity index is 1020.